The maximum Gasteiger partial charge on any atom is 0.167 e. The summed E-state index contributed by atoms with van der Waals surface area (Å²) in [5, 5.41) is 0. The van der Waals surface area contributed by atoms with Crippen molar-refractivity contribution in [2.24, 2.45) is 0 Å². The van der Waals surface area contributed by atoms with Crippen molar-refractivity contribution in [3.63, 3.8) is 0 Å². The van der Waals surface area contributed by atoms with Gasteiger partial charge in [-0.2, -0.15) is 0 Å². The second-order valence-electron chi connectivity index (χ2n) is 4.14. The molecule has 0 aliphatic rings. The number of benzene rings is 2. The fourth-order valence-electron chi connectivity index (χ4n) is 1.84. The van der Waals surface area contributed by atoms with Gasteiger partial charge in [-0.1, -0.05) is 40.2 Å². The number of halogens is 2. The molecule has 0 aliphatic carbocycles. The van der Waals surface area contributed by atoms with E-state index >= 15 is 0 Å². The zero-order valence-corrected chi connectivity index (χ0v) is 11.5. The lowest BCUT2D eigenvalue weighted by atomic mass is 9.99. The van der Waals surface area contributed by atoms with Gasteiger partial charge in [-0.25, -0.2) is 4.39 Å². The van der Waals surface area contributed by atoms with Crippen LogP contribution in [0.1, 0.15) is 21.5 Å². The Hall–Kier alpha value is -1.48. The van der Waals surface area contributed by atoms with E-state index in [4.69, 9.17) is 0 Å². The number of hydrogen-bond acceptors (Lipinski definition) is 1. The molecule has 2 rings (SSSR count). The molecule has 2 aromatic rings. The molecule has 0 saturated carbocycles. The molecule has 92 valence electrons. The highest BCUT2D eigenvalue weighted by atomic mass is 79.9. The molecule has 0 heterocycles. The highest BCUT2D eigenvalue weighted by Crippen LogP contribution is 2.21. The van der Waals surface area contributed by atoms with Crippen LogP contribution in [0, 0.1) is 12.7 Å². The third-order valence-corrected chi connectivity index (χ3v) is 3.68. The molecular weight excluding hydrogens is 295 g/mol. The summed E-state index contributed by atoms with van der Waals surface area (Å²) in [4.78, 5) is 12.2. The van der Waals surface area contributed by atoms with Gasteiger partial charge in [-0.05, 0) is 36.2 Å². The molecule has 0 spiro atoms. The molecule has 0 atom stereocenters. The predicted octanol–water partition coefficient (Wildman–Crippen LogP) is 4.32. The van der Waals surface area contributed by atoms with Crippen molar-refractivity contribution in [2.45, 2.75) is 13.3 Å². The third-order valence-electron chi connectivity index (χ3n) is 2.82. The Balaban J connectivity index is 2.25. The van der Waals surface area contributed by atoms with Crippen LogP contribution in [0.4, 0.5) is 4.39 Å². The minimum Gasteiger partial charge on any atom is -0.294 e. The molecule has 0 radical (unpaired) electrons. The zero-order valence-electron chi connectivity index (χ0n) is 9.91. The van der Waals surface area contributed by atoms with Crippen LogP contribution in [0.25, 0.3) is 0 Å². The van der Waals surface area contributed by atoms with Crippen LogP contribution in [0.3, 0.4) is 0 Å². The Labute approximate surface area is 114 Å². The molecule has 0 aliphatic heterocycles. The Morgan fingerprint density at radius 3 is 2.67 bits per heavy atom. The minimum atomic E-state index is -0.314. The van der Waals surface area contributed by atoms with Crippen molar-refractivity contribution in [3.05, 3.63) is 69.4 Å². The van der Waals surface area contributed by atoms with Gasteiger partial charge >= 0.3 is 0 Å². The molecule has 18 heavy (non-hydrogen) atoms. The number of Topliss-reactive ketones (excluding diaryl/α,β-unsaturated/α-hetero) is 1. The lowest BCUT2D eigenvalue weighted by molar-refractivity contribution is 0.0992. The lowest BCUT2D eigenvalue weighted by Gasteiger charge is -2.06. The first-order chi connectivity index (χ1) is 8.58. The van der Waals surface area contributed by atoms with Crippen molar-refractivity contribution in [3.8, 4) is 0 Å². The number of carbonyl (C=O) groups is 1. The second kappa shape index (κ2) is 5.44. The molecule has 2 aromatic carbocycles. The Morgan fingerprint density at radius 2 is 1.94 bits per heavy atom. The summed E-state index contributed by atoms with van der Waals surface area (Å²) in [5.74, 6) is -0.314. The Kier molecular flexibility index (Phi) is 3.92. The minimum absolute atomic E-state index is 0.000556. The first kappa shape index (κ1) is 13.0. The maximum atomic E-state index is 13.0. The monoisotopic (exact) mass is 306 g/mol. The van der Waals surface area contributed by atoms with Crippen molar-refractivity contribution in [2.75, 3.05) is 0 Å². The van der Waals surface area contributed by atoms with E-state index in [0.717, 1.165) is 10.0 Å². The quantitative estimate of drug-likeness (QED) is 0.772. The molecule has 0 aromatic heterocycles. The summed E-state index contributed by atoms with van der Waals surface area (Å²) in [6, 6.07) is 11.7. The molecule has 0 amide bonds. The van der Waals surface area contributed by atoms with Crippen LogP contribution in [0.5, 0.6) is 0 Å². The summed E-state index contributed by atoms with van der Waals surface area (Å²) < 4.78 is 14.0. The average Bonchev–Trinajstić information content (AvgIpc) is 2.32. The summed E-state index contributed by atoms with van der Waals surface area (Å²) in [6.45, 7) is 1.89. The topological polar surface area (TPSA) is 17.1 Å². The van der Waals surface area contributed by atoms with Gasteiger partial charge in [0, 0.05) is 16.5 Å². The van der Waals surface area contributed by atoms with E-state index in [1.54, 1.807) is 18.2 Å². The van der Waals surface area contributed by atoms with Crippen LogP contribution in [-0.4, -0.2) is 5.78 Å². The Morgan fingerprint density at radius 1 is 1.22 bits per heavy atom. The number of ketones is 1. The van der Waals surface area contributed by atoms with Gasteiger partial charge in [-0.15, -0.1) is 0 Å². The Bertz CT molecular complexity index is 593. The van der Waals surface area contributed by atoms with Crippen LogP contribution < -0.4 is 0 Å². The molecule has 3 heteroatoms. The standard InChI is InChI=1S/C15H12BrFO/c1-10-13(6-3-7-14(10)16)15(18)9-11-4-2-5-12(17)8-11/h2-8H,9H2,1H3. The summed E-state index contributed by atoms with van der Waals surface area (Å²) in [6.07, 6.45) is 0.217. The van der Waals surface area contributed by atoms with Gasteiger partial charge in [0.2, 0.25) is 0 Å². The van der Waals surface area contributed by atoms with Crippen molar-refractivity contribution >= 4 is 21.7 Å². The van der Waals surface area contributed by atoms with Gasteiger partial charge in [0.1, 0.15) is 5.82 Å². The van der Waals surface area contributed by atoms with Gasteiger partial charge in [0.05, 0.1) is 0 Å². The van der Waals surface area contributed by atoms with E-state index in [2.05, 4.69) is 15.9 Å². The summed E-state index contributed by atoms with van der Waals surface area (Å²) in [5.41, 5.74) is 2.28. The SMILES string of the molecule is Cc1c(Br)cccc1C(=O)Cc1cccc(F)c1. The molecule has 0 unspecified atom stereocenters. The van der Waals surface area contributed by atoms with Gasteiger partial charge in [0.25, 0.3) is 0 Å². The van der Waals surface area contributed by atoms with E-state index in [0.29, 0.717) is 11.1 Å². The van der Waals surface area contributed by atoms with Gasteiger partial charge < -0.3 is 0 Å². The molecule has 1 nitrogen and oxygen atoms in total. The number of rotatable bonds is 3. The summed E-state index contributed by atoms with van der Waals surface area (Å²) >= 11 is 3.40. The number of carbonyl (C=O) groups excluding carboxylic acids is 1. The highest BCUT2D eigenvalue weighted by Gasteiger charge is 2.11. The molecular formula is C15H12BrFO. The lowest BCUT2D eigenvalue weighted by Crippen LogP contribution is -2.06. The molecule has 0 bridgehead atoms. The van der Waals surface area contributed by atoms with Crippen LogP contribution in [-0.2, 0) is 6.42 Å². The van der Waals surface area contributed by atoms with Crippen LogP contribution in [0.15, 0.2) is 46.9 Å². The largest absolute Gasteiger partial charge is 0.294 e. The molecule has 0 fully saturated rings. The average molecular weight is 307 g/mol. The van der Waals surface area contributed by atoms with E-state index in [9.17, 15) is 9.18 Å². The highest BCUT2D eigenvalue weighted by molar-refractivity contribution is 9.10. The normalized spacial score (nSPS) is 10.4. The van der Waals surface area contributed by atoms with E-state index < -0.39 is 0 Å². The predicted molar refractivity (Wildman–Crippen MR) is 73.3 cm³/mol. The number of hydrogen-bond donors (Lipinski definition) is 0. The smallest absolute Gasteiger partial charge is 0.167 e. The van der Waals surface area contributed by atoms with Gasteiger partial charge in [0.15, 0.2) is 5.78 Å². The maximum absolute atomic E-state index is 13.0. The van der Waals surface area contributed by atoms with Gasteiger partial charge in [-0.3, -0.25) is 4.79 Å². The van der Waals surface area contributed by atoms with E-state index in [1.165, 1.54) is 12.1 Å². The zero-order chi connectivity index (χ0) is 13.1. The van der Waals surface area contributed by atoms with Crippen molar-refractivity contribution in [1.82, 2.24) is 0 Å². The third kappa shape index (κ3) is 2.85. The van der Waals surface area contributed by atoms with Crippen LogP contribution in [0.2, 0.25) is 0 Å². The fraction of sp³-hybridized carbons (Fsp3) is 0.133. The fourth-order valence-corrected chi connectivity index (χ4v) is 2.20. The van der Waals surface area contributed by atoms with E-state index in [-0.39, 0.29) is 18.0 Å². The van der Waals surface area contributed by atoms with E-state index in [1.807, 2.05) is 19.1 Å². The van der Waals surface area contributed by atoms with Crippen molar-refractivity contribution < 1.29 is 9.18 Å². The first-order valence-corrected chi connectivity index (χ1v) is 6.40. The van der Waals surface area contributed by atoms with Crippen molar-refractivity contribution in [1.29, 1.82) is 0 Å². The second-order valence-corrected chi connectivity index (χ2v) is 5.00. The first-order valence-electron chi connectivity index (χ1n) is 5.60. The molecule has 0 N–H and O–H groups in total. The van der Waals surface area contributed by atoms with Crippen LogP contribution >= 0.6 is 15.9 Å². The summed E-state index contributed by atoms with van der Waals surface area (Å²) in [7, 11) is 0. The molecule has 0 saturated heterocycles.